The van der Waals surface area contributed by atoms with Gasteiger partial charge in [0.25, 0.3) is 0 Å². The quantitative estimate of drug-likeness (QED) is 0.630. The average molecular weight is 330 g/mol. The third-order valence-electron chi connectivity index (χ3n) is 1.69. The van der Waals surface area contributed by atoms with E-state index in [-0.39, 0.29) is 15.6 Å². The molecule has 0 saturated heterocycles. The summed E-state index contributed by atoms with van der Waals surface area (Å²) in [6.07, 6.45) is -4.99. The molecule has 1 N–H and O–H groups in total. The van der Waals surface area contributed by atoms with Gasteiger partial charge in [-0.15, -0.1) is 13.2 Å². The van der Waals surface area contributed by atoms with E-state index in [1.807, 2.05) is 0 Å². The molecule has 17 heavy (non-hydrogen) atoms. The Bertz CT molecular complexity index is 448. The van der Waals surface area contributed by atoms with Crippen LogP contribution in [-0.2, 0) is 6.61 Å². The van der Waals surface area contributed by atoms with Crippen molar-refractivity contribution in [2.75, 3.05) is 0 Å². The number of benzene rings is 1. The van der Waals surface area contributed by atoms with Crippen LogP contribution in [0.25, 0.3) is 0 Å². The lowest BCUT2D eigenvalue weighted by atomic mass is 10.2. The molecule has 0 amide bonds. The Labute approximate surface area is 114 Å². The summed E-state index contributed by atoms with van der Waals surface area (Å²) in [4.78, 5) is 0. The monoisotopic (exact) mass is 328 g/mol. The average Bonchev–Trinajstić information content (AvgIpc) is 2.21. The van der Waals surface area contributed by atoms with Gasteiger partial charge in [-0.25, -0.2) is 0 Å². The minimum atomic E-state index is -4.99. The van der Waals surface area contributed by atoms with Crippen LogP contribution in [0.5, 0.6) is 5.75 Å². The highest BCUT2D eigenvalue weighted by atomic mass is 35.5. The van der Waals surface area contributed by atoms with Gasteiger partial charge in [0.05, 0.1) is 21.7 Å². The van der Waals surface area contributed by atoms with Crippen LogP contribution in [0, 0.1) is 0 Å². The first-order chi connectivity index (χ1) is 7.69. The maximum atomic E-state index is 12.1. The van der Waals surface area contributed by atoms with E-state index < -0.39 is 28.8 Å². The third kappa shape index (κ3) is 3.23. The normalized spacial score (nSPS) is 11.8. The molecule has 0 aliphatic heterocycles. The number of hydrogen-bond donors (Lipinski definition) is 1. The van der Waals surface area contributed by atoms with Crippen LogP contribution in [0.3, 0.4) is 0 Å². The summed E-state index contributed by atoms with van der Waals surface area (Å²) >= 11 is 22.4. The van der Waals surface area contributed by atoms with E-state index in [1.54, 1.807) is 0 Å². The van der Waals surface area contributed by atoms with E-state index >= 15 is 0 Å². The number of hydrogen-bond acceptors (Lipinski definition) is 2. The summed E-state index contributed by atoms with van der Waals surface area (Å²) in [7, 11) is 0. The van der Waals surface area contributed by atoms with Gasteiger partial charge in [-0.05, 0) is 0 Å². The Balaban J connectivity index is 3.45. The zero-order valence-electron chi connectivity index (χ0n) is 7.71. The highest BCUT2D eigenvalue weighted by Crippen LogP contribution is 2.47. The van der Waals surface area contributed by atoms with E-state index in [9.17, 15) is 13.2 Å². The molecule has 0 spiro atoms. The van der Waals surface area contributed by atoms with Crippen molar-refractivity contribution in [3.8, 4) is 5.75 Å². The topological polar surface area (TPSA) is 29.5 Å². The molecule has 2 nitrogen and oxygen atoms in total. The van der Waals surface area contributed by atoms with E-state index in [0.717, 1.165) is 0 Å². The van der Waals surface area contributed by atoms with Crippen molar-refractivity contribution in [2.24, 2.45) is 0 Å². The standard InChI is InChI=1S/C8H3Cl4F3O2/c9-3-2(1-16)4(10)7(6(12)5(3)11)17-8(13,14)15/h16H,1H2. The molecule has 1 rings (SSSR count). The van der Waals surface area contributed by atoms with Crippen molar-refractivity contribution in [3.05, 3.63) is 25.7 Å². The minimum Gasteiger partial charge on any atom is -0.403 e. The third-order valence-corrected chi connectivity index (χ3v) is 3.44. The first-order valence-corrected chi connectivity index (χ1v) is 5.41. The summed E-state index contributed by atoms with van der Waals surface area (Å²) in [6, 6.07) is 0. The highest BCUT2D eigenvalue weighted by molar-refractivity contribution is 6.50. The van der Waals surface area contributed by atoms with Gasteiger partial charge in [-0.1, -0.05) is 46.4 Å². The smallest absolute Gasteiger partial charge is 0.403 e. The molecular formula is C8H3Cl4F3O2. The minimum absolute atomic E-state index is 0.193. The fraction of sp³-hybridized carbons (Fsp3) is 0.250. The Morgan fingerprint density at radius 1 is 0.941 bits per heavy atom. The second-order valence-electron chi connectivity index (χ2n) is 2.77. The number of alkyl halides is 3. The van der Waals surface area contributed by atoms with Crippen molar-refractivity contribution in [1.29, 1.82) is 0 Å². The molecule has 9 heteroatoms. The van der Waals surface area contributed by atoms with Crippen LogP contribution in [0.2, 0.25) is 20.1 Å². The lowest BCUT2D eigenvalue weighted by Gasteiger charge is -2.16. The molecule has 0 aliphatic carbocycles. The van der Waals surface area contributed by atoms with Crippen molar-refractivity contribution in [3.63, 3.8) is 0 Å². The van der Waals surface area contributed by atoms with Crippen molar-refractivity contribution >= 4 is 46.4 Å². The van der Waals surface area contributed by atoms with Crippen LogP contribution in [0.4, 0.5) is 13.2 Å². The molecule has 0 heterocycles. The molecule has 96 valence electrons. The molecule has 0 atom stereocenters. The largest absolute Gasteiger partial charge is 0.573 e. The Morgan fingerprint density at radius 3 is 1.88 bits per heavy atom. The summed E-state index contributed by atoms with van der Waals surface area (Å²) in [5.74, 6) is -0.890. The molecule has 0 saturated carbocycles. The van der Waals surface area contributed by atoms with Gasteiger partial charge in [0, 0.05) is 5.56 Å². The first-order valence-electron chi connectivity index (χ1n) is 3.90. The number of ether oxygens (including phenoxy) is 1. The van der Waals surface area contributed by atoms with Gasteiger partial charge in [0.2, 0.25) is 0 Å². The van der Waals surface area contributed by atoms with E-state index in [1.165, 1.54) is 0 Å². The van der Waals surface area contributed by atoms with Crippen molar-refractivity contribution in [1.82, 2.24) is 0 Å². The summed E-state index contributed by atoms with van der Waals surface area (Å²) in [5, 5.41) is 7.22. The van der Waals surface area contributed by atoms with Crippen LogP contribution in [0.15, 0.2) is 0 Å². The van der Waals surface area contributed by atoms with E-state index in [2.05, 4.69) is 4.74 Å². The lowest BCUT2D eigenvalue weighted by molar-refractivity contribution is -0.274. The molecule has 0 bridgehead atoms. The van der Waals surface area contributed by atoms with E-state index in [0.29, 0.717) is 0 Å². The zero-order chi connectivity index (χ0) is 13.4. The van der Waals surface area contributed by atoms with Gasteiger partial charge >= 0.3 is 6.36 Å². The SMILES string of the molecule is OCc1c(Cl)c(Cl)c(Cl)c(OC(F)(F)F)c1Cl. The van der Waals surface area contributed by atoms with Crippen LogP contribution in [0.1, 0.15) is 5.56 Å². The fourth-order valence-electron chi connectivity index (χ4n) is 1.00. The van der Waals surface area contributed by atoms with Crippen LogP contribution in [-0.4, -0.2) is 11.5 Å². The van der Waals surface area contributed by atoms with Gasteiger partial charge in [-0.3, -0.25) is 0 Å². The molecular weight excluding hydrogens is 327 g/mol. The van der Waals surface area contributed by atoms with Gasteiger partial charge in [-0.2, -0.15) is 0 Å². The Hall–Kier alpha value is -0.0700. The van der Waals surface area contributed by atoms with E-state index in [4.69, 9.17) is 51.5 Å². The maximum absolute atomic E-state index is 12.1. The van der Waals surface area contributed by atoms with Crippen molar-refractivity contribution in [2.45, 2.75) is 13.0 Å². The summed E-state index contributed by atoms with van der Waals surface area (Å²) < 4.78 is 39.9. The number of aliphatic hydroxyl groups excluding tert-OH is 1. The van der Waals surface area contributed by atoms with Gasteiger partial charge < -0.3 is 9.84 Å². The Kier molecular flexibility index (Phi) is 4.66. The number of rotatable bonds is 2. The van der Waals surface area contributed by atoms with Gasteiger partial charge in [0.15, 0.2) is 5.75 Å². The second-order valence-corrected chi connectivity index (χ2v) is 4.28. The summed E-state index contributed by atoms with van der Waals surface area (Å²) in [5.41, 5.74) is -0.193. The lowest BCUT2D eigenvalue weighted by Crippen LogP contribution is -2.18. The maximum Gasteiger partial charge on any atom is 0.573 e. The molecule has 1 aromatic carbocycles. The molecule has 1 aromatic rings. The molecule has 0 unspecified atom stereocenters. The van der Waals surface area contributed by atoms with Crippen LogP contribution < -0.4 is 4.74 Å². The zero-order valence-corrected chi connectivity index (χ0v) is 10.7. The molecule has 0 radical (unpaired) electrons. The highest BCUT2D eigenvalue weighted by Gasteiger charge is 2.35. The van der Waals surface area contributed by atoms with Crippen LogP contribution >= 0.6 is 46.4 Å². The predicted molar refractivity (Wildman–Crippen MR) is 59.1 cm³/mol. The molecule has 0 aromatic heterocycles. The first kappa shape index (κ1) is 15.0. The van der Waals surface area contributed by atoms with Gasteiger partial charge in [0.1, 0.15) is 5.02 Å². The fourth-order valence-corrected chi connectivity index (χ4v) is 2.11. The number of halogens is 7. The number of aliphatic hydroxyl groups is 1. The van der Waals surface area contributed by atoms with Crippen molar-refractivity contribution < 1.29 is 23.0 Å². The molecule has 0 fully saturated rings. The molecule has 0 aliphatic rings. The Morgan fingerprint density at radius 2 is 1.47 bits per heavy atom. The summed E-state index contributed by atoms with van der Waals surface area (Å²) in [6.45, 7) is -0.706. The second kappa shape index (κ2) is 5.28. The predicted octanol–water partition coefficient (Wildman–Crippen LogP) is 4.69.